The summed E-state index contributed by atoms with van der Waals surface area (Å²) in [6, 6.07) is 3.58. The van der Waals surface area contributed by atoms with Gasteiger partial charge in [0.05, 0.1) is 6.61 Å². The standard InChI is InChI=1S/C10H13BF3O.K/c1-3-6-15-10-5-4-9(7-8(10)2)11(12,13)14;/h4-5,7H,3,6H2,1-2H3;/q-1;+1. The first kappa shape index (κ1) is 16.5. The molecular formula is C10H13BF3KO. The summed E-state index contributed by atoms with van der Waals surface area (Å²) in [4.78, 5) is 0. The van der Waals surface area contributed by atoms with Gasteiger partial charge in [0.1, 0.15) is 5.75 Å². The second kappa shape index (κ2) is 7.06. The molecule has 0 amide bonds. The van der Waals surface area contributed by atoms with Gasteiger partial charge in [-0.3, -0.25) is 0 Å². The molecule has 0 unspecified atom stereocenters. The Morgan fingerprint density at radius 2 is 1.88 bits per heavy atom. The van der Waals surface area contributed by atoms with Gasteiger partial charge >= 0.3 is 58.4 Å². The molecule has 1 aromatic carbocycles. The Labute approximate surface area is 136 Å². The Bertz CT molecular complexity index is 341. The van der Waals surface area contributed by atoms with Crippen LogP contribution in [0, 0.1) is 6.92 Å². The molecule has 0 aliphatic rings. The van der Waals surface area contributed by atoms with Crippen molar-refractivity contribution in [2.75, 3.05) is 6.61 Å². The molecule has 0 N–H and O–H groups in total. The molecule has 1 nitrogen and oxygen atoms in total. The van der Waals surface area contributed by atoms with Crippen molar-refractivity contribution in [3.8, 4) is 5.75 Å². The number of aryl methyl sites for hydroxylation is 1. The fourth-order valence-corrected chi connectivity index (χ4v) is 1.25. The van der Waals surface area contributed by atoms with Gasteiger partial charge in [-0.15, -0.1) is 5.46 Å². The second-order valence-electron chi connectivity index (χ2n) is 3.45. The fourth-order valence-electron chi connectivity index (χ4n) is 1.25. The van der Waals surface area contributed by atoms with Gasteiger partial charge in [0.25, 0.3) is 0 Å². The minimum Gasteiger partial charge on any atom is -0.493 e. The van der Waals surface area contributed by atoms with E-state index in [0.717, 1.165) is 18.6 Å². The van der Waals surface area contributed by atoms with Crippen LogP contribution in [0.15, 0.2) is 18.2 Å². The molecule has 84 valence electrons. The molecule has 16 heavy (non-hydrogen) atoms. The van der Waals surface area contributed by atoms with Gasteiger partial charge in [-0.05, 0) is 25.0 Å². The summed E-state index contributed by atoms with van der Waals surface area (Å²) < 4.78 is 42.4. The van der Waals surface area contributed by atoms with Crippen LogP contribution in [0.1, 0.15) is 18.9 Å². The molecule has 0 heterocycles. The molecule has 0 saturated carbocycles. The van der Waals surface area contributed by atoms with Gasteiger partial charge in [-0.25, -0.2) is 0 Å². The van der Waals surface area contributed by atoms with E-state index in [9.17, 15) is 12.9 Å². The van der Waals surface area contributed by atoms with E-state index >= 15 is 0 Å². The maximum Gasteiger partial charge on any atom is 1.00 e. The van der Waals surface area contributed by atoms with Crippen molar-refractivity contribution >= 4 is 12.4 Å². The van der Waals surface area contributed by atoms with Gasteiger partial charge in [0.2, 0.25) is 0 Å². The van der Waals surface area contributed by atoms with Crippen LogP contribution in [0.5, 0.6) is 5.75 Å². The smallest absolute Gasteiger partial charge is 0.493 e. The quantitative estimate of drug-likeness (QED) is 0.680. The van der Waals surface area contributed by atoms with Crippen molar-refractivity contribution in [2.24, 2.45) is 0 Å². The van der Waals surface area contributed by atoms with Gasteiger partial charge in [0, 0.05) is 0 Å². The van der Waals surface area contributed by atoms with Crippen LogP contribution in [-0.4, -0.2) is 13.6 Å². The van der Waals surface area contributed by atoms with E-state index in [0.29, 0.717) is 17.9 Å². The van der Waals surface area contributed by atoms with Crippen molar-refractivity contribution in [2.45, 2.75) is 20.3 Å². The molecule has 0 atom stereocenters. The summed E-state index contributed by atoms with van der Waals surface area (Å²) in [6.07, 6.45) is 0.838. The zero-order chi connectivity index (χ0) is 11.5. The normalized spacial score (nSPS) is 10.8. The molecule has 0 aliphatic heterocycles. The average molecular weight is 256 g/mol. The number of benzene rings is 1. The maximum atomic E-state index is 12.4. The molecule has 0 aromatic heterocycles. The fraction of sp³-hybridized carbons (Fsp3) is 0.400. The van der Waals surface area contributed by atoms with Crippen molar-refractivity contribution in [3.63, 3.8) is 0 Å². The van der Waals surface area contributed by atoms with Crippen LogP contribution < -0.4 is 61.6 Å². The molecule has 0 saturated heterocycles. The minimum atomic E-state index is -4.91. The van der Waals surface area contributed by atoms with Crippen LogP contribution in [0.25, 0.3) is 0 Å². The average Bonchev–Trinajstić information content (AvgIpc) is 2.14. The maximum absolute atomic E-state index is 12.4. The molecule has 1 rings (SSSR count). The van der Waals surface area contributed by atoms with Crippen molar-refractivity contribution in [3.05, 3.63) is 23.8 Å². The SMILES string of the molecule is CCCOc1ccc([B-](F)(F)F)cc1C.[K+]. The van der Waals surface area contributed by atoms with E-state index in [1.165, 1.54) is 6.07 Å². The molecule has 0 bridgehead atoms. The van der Waals surface area contributed by atoms with Crippen molar-refractivity contribution in [1.82, 2.24) is 0 Å². The predicted octanol–water partition coefficient (Wildman–Crippen LogP) is -0.158. The van der Waals surface area contributed by atoms with Gasteiger partial charge in [0.15, 0.2) is 0 Å². The first-order valence-electron chi connectivity index (χ1n) is 4.88. The third-order valence-electron chi connectivity index (χ3n) is 2.04. The molecule has 0 fully saturated rings. The van der Waals surface area contributed by atoms with E-state index in [1.807, 2.05) is 6.92 Å². The molecule has 0 aliphatic carbocycles. The monoisotopic (exact) mass is 256 g/mol. The van der Waals surface area contributed by atoms with E-state index < -0.39 is 12.4 Å². The largest absolute Gasteiger partial charge is 1.00 e. The molecule has 0 spiro atoms. The van der Waals surface area contributed by atoms with Crippen LogP contribution in [0.2, 0.25) is 0 Å². The first-order valence-corrected chi connectivity index (χ1v) is 4.88. The van der Waals surface area contributed by atoms with Crippen LogP contribution in [0.3, 0.4) is 0 Å². The summed E-state index contributed by atoms with van der Waals surface area (Å²) in [7, 11) is 0. The predicted molar refractivity (Wildman–Crippen MR) is 55.7 cm³/mol. The number of hydrogen-bond acceptors (Lipinski definition) is 1. The van der Waals surface area contributed by atoms with Crippen LogP contribution >= 0.6 is 0 Å². The number of ether oxygens (including phenoxy) is 1. The van der Waals surface area contributed by atoms with E-state index in [1.54, 1.807) is 6.92 Å². The summed E-state index contributed by atoms with van der Waals surface area (Å²) in [6.45, 7) is -0.816. The van der Waals surface area contributed by atoms with Gasteiger partial charge in [-0.1, -0.05) is 19.1 Å². The van der Waals surface area contributed by atoms with Gasteiger partial charge in [-0.2, -0.15) is 0 Å². The summed E-state index contributed by atoms with van der Waals surface area (Å²) in [5, 5.41) is 0. The third-order valence-corrected chi connectivity index (χ3v) is 2.04. The van der Waals surface area contributed by atoms with Crippen LogP contribution in [0.4, 0.5) is 12.9 Å². The Balaban J connectivity index is 0.00000225. The van der Waals surface area contributed by atoms with Crippen molar-refractivity contribution < 1.29 is 69.1 Å². The van der Waals surface area contributed by atoms with Crippen molar-refractivity contribution in [1.29, 1.82) is 0 Å². The Hall–Kier alpha value is 0.511. The first-order chi connectivity index (χ1) is 6.95. The third kappa shape index (κ3) is 4.79. The summed E-state index contributed by atoms with van der Waals surface area (Å²) in [5.74, 6) is 0.528. The Morgan fingerprint density at radius 3 is 2.31 bits per heavy atom. The van der Waals surface area contributed by atoms with Crippen LogP contribution in [-0.2, 0) is 0 Å². The summed E-state index contributed by atoms with van der Waals surface area (Å²) in [5.41, 5.74) is -0.0449. The zero-order valence-electron chi connectivity index (χ0n) is 9.77. The second-order valence-corrected chi connectivity index (χ2v) is 3.45. The Morgan fingerprint density at radius 1 is 1.25 bits per heavy atom. The Kier molecular flexibility index (Phi) is 7.28. The van der Waals surface area contributed by atoms with Gasteiger partial charge < -0.3 is 17.7 Å². The molecule has 0 radical (unpaired) electrons. The molecular weight excluding hydrogens is 243 g/mol. The van der Waals surface area contributed by atoms with E-state index in [2.05, 4.69) is 0 Å². The number of rotatable bonds is 4. The molecule has 1 aromatic rings. The summed E-state index contributed by atoms with van der Waals surface area (Å²) >= 11 is 0. The molecule has 6 heteroatoms. The number of hydrogen-bond donors (Lipinski definition) is 0. The topological polar surface area (TPSA) is 9.23 Å². The number of halogens is 3. The minimum absolute atomic E-state index is 0. The zero-order valence-corrected chi connectivity index (χ0v) is 12.9. The van der Waals surface area contributed by atoms with E-state index in [4.69, 9.17) is 4.74 Å². The van der Waals surface area contributed by atoms with E-state index in [-0.39, 0.29) is 51.4 Å².